The lowest BCUT2D eigenvalue weighted by Gasteiger charge is -2.12. The van der Waals surface area contributed by atoms with Crippen LogP contribution in [0, 0.1) is 0 Å². The first-order valence-electron chi connectivity index (χ1n) is 5.55. The molecule has 100 valence electrons. The highest BCUT2D eigenvalue weighted by Crippen LogP contribution is 2.17. The van der Waals surface area contributed by atoms with E-state index >= 15 is 0 Å². The summed E-state index contributed by atoms with van der Waals surface area (Å²) in [4.78, 5) is 23.1. The molecular weight excluding hydrogens is 268 g/mol. The van der Waals surface area contributed by atoms with E-state index in [1.807, 2.05) is 0 Å². The zero-order valence-corrected chi connectivity index (χ0v) is 10.9. The van der Waals surface area contributed by atoms with Gasteiger partial charge in [0.2, 0.25) is 0 Å². The minimum atomic E-state index is -0.397. The molecule has 1 atom stereocenters. The van der Waals surface area contributed by atoms with Crippen molar-refractivity contribution >= 4 is 23.3 Å². The summed E-state index contributed by atoms with van der Waals surface area (Å²) in [5.74, 6) is 5.86. The maximum atomic E-state index is 12.1. The first kappa shape index (κ1) is 13.3. The molecule has 5 N–H and O–H groups in total. The summed E-state index contributed by atoms with van der Waals surface area (Å²) in [6, 6.07) is 2.85. The van der Waals surface area contributed by atoms with Gasteiger partial charge in [0.05, 0.1) is 11.1 Å². The van der Waals surface area contributed by atoms with Gasteiger partial charge in [-0.15, -0.1) is 0 Å². The van der Waals surface area contributed by atoms with Gasteiger partial charge in [0.25, 0.3) is 5.91 Å². The highest BCUT2D eigenvalue weighted by atomic mass is 35.5. The lowest BCUT2D eigenvalue weighted by Crippen LogP contribution is -2.28. The Balaban J connectivity index is 2.16. The Hall–Kier alpha value is -2.12. The number of carbonyl (C=O) groups excluding carboxylic acids is 1. The lowest BCUT2D eigenvalue weighted by molar-refractivity contribution is 0.0933. The predicted molar refractivity (Wildman–Crippen MR) is 71.5 cm³/mol. The summed E-state index contributed by atoms with van der Waals surface area (Å²) < 4.78 is 0. The van der Waals surface area contributed by atoms with Crippen molar-refractivity contribution < 1.29 is 4.79 Å². The third-order valence-electron chi connectivity index (χ3n) is 2.49. The number of hydrogen-bond donors (Lipinski definition) is 4. The van der Waals surface area contributed by atoms with E-state index in [4.69, 9.17) is 17.4 Å². The molecule has 1 amide bonds. The van der Waals surface area contributed by atoms with Gasteiger partial charge in [0.15, 0.2) is 0 Å². The van der Waals surface area contributed by atoms with Gasteiger partial charge in [-0.3, -0.25) is 4.79 Å². The van der Waals surface area contributed by atoms with Crippen LogP contribution in [0.25, 0.3) is 0 Å². The zero-order valence-electron chi connectivity index (χ0n) is 10.1. The molecule has 0 spiro atoms. The monoisotopic (exact) mass is 280 g/mol. The first-order chi connectivity index (χ1) is 9.11. The molecule has 0 fully saturated rings. The molecule has 0 aliphatic heterocycles. The van der Waals surface area contributed by atoms with E-state index < -0.39 is 5.91 Å². The number of amides is 1. The van der Waals surface area contributed by atoms with Crippen molar-refractivity contribution in [3.63, 3.8) is 0 Å². The van der Waals surface area contributed by atoms with Gasteiger partial charge in [0, 0.05) is 12.4 Å². The summed E-state index contributed by atoms with van der Waals surface area (Å²) in [5, 5.41) is 3.00. The van der Waals surface area contributed by atoms with E-state index in [9.17, 15) is 4.79 Å². The molecule has 0 aliphatic rings. The minimum absolute atomic E-state index is 0.107. The third kappa shape index (κ3) is 3.01. The van der Waals surface area contributed by atoms with Crippen LogP contribution < -0.4 is 16.6 Å². The van der Waals surface area contributed by atoms with Crippen molar-refractivity contribution in [3.05, 3.63) is 41.1 Å². The number of imidazole rings is 1. The maximum Gasteiger partial charge on any atom is 0.272 e. The first-order valence-corrected chi connectivity index (χ1v) is 5.93. The van der Waals surface area contributed by atoms with E-state index in [-0.39, 0.29) is 16.8 Å². The van der Waals surface area contributed by atoms with Crippen LogP contribution in [0.3, 0.4) is 0 Å². The molecular formula is C11H13ClN6O. The van der Waals surface area contributed by atoms with Gasteiger partial charge in [-0.25, -0.2) is 15.8 Å². The van der Waals surface area contributed by atoms with E-state index in [1.54, 1.807) is 31.5 Å². The standard InChI is InChI=1S/C11H13ClN6O/c1-6(10-14-4-5-15-10)16-11(19)9-7(12)2-3-8(17-9)18-13/h2-6H,13H2,1H3,(H,14,15)(H,16,19)(H,17,18). The van der Waals surface area contributed by atoms with Crippen LogP contribution in [0.4, 0.5) is 5.82 Å². The fourth-order valence-electron chi connectivity index (χ4n) is 1.53. The van der Waals surface area contributed by atoms with E-state index in [2.05, 4.69) is 25.7 Å². The number of H-pyrrole nitrogens is 1. The molecule has 19 heavy (non-hydrogen) atoms. The summed E-state index contributed by atoms with van der Waals surface area (Å²) in [7, 11) is 0. The maximum absolute atomic E-state index is 12.1. The number of halogens is 1. The molecule has 2 aromatic rings. The van der Waals surface area contributed by atoms with Crippen LogP contribution in [0.15, 0.2) is 24.5 Å². The van der Waals surface area contributed by atoms with E-state index in [0.29, 0.717) is 11.6 Å². The average molecular weight is 281 g/mol. The van der Waals surface area contributed by atoms with Crippen LogP contribution in [-0.4, -0.2) is 20.9 Å². The molecule has 0 aromatic carbocycles. The van der Waals surface area contributed by atoms with Crippen molar-refractivity contribution in [3.8, 4) is 0 Å². The van der Waals surface area contributed by atoms with Crippen molar-refractivity contribution in [2.24, 2.45) is 5.84 Å². The molecule has 2 rings (SSSR count). The molecule has 2 heterocycles. The van der Waals surface area contributed by atoms with Gasteiger partial charge in [-0.1, -0.05) is 11.6 Å². The second kappa shape index (κ2) is 5.68. The second-order valence-corrected chi connectivity index (χ2v) is 4.25. The smallest absolute Gasteiger partial charge is 0.272 e. The van der Waals surface area contributed by atoms with Crippen molar-refractivity contribution in [1.29, 1.82) is 0 Å². The number of nitrogen functional groups attached to an aromatic ring is 1. The Morgan fingerprint density at radius 2 is 2.32 bits per heavy atom. The number of aromatic nitrogens is 3. The number of aromatic amines is 1. The van der Waals surface area contributed by atoms with Crippen LogP contribution in [-0.2, 0) is 0 Å². The normalized spacial score (nSPS) is 11.9. The largest absolute Gasteiger partial charge is 0.347 e. The summed E-state index contributed by atoms with van der Waals surface area (Å²) >= 11 is 5.94. The molecule has 0 saturated heterocycles. The number of rotatable bonds is 4. The topological polar surface area (TPSA) is 109 Å². The number of nitrogens with two attached hydrogens (primary N) is 1. The quantitative estimate of drug-likeness (QED) is 0.498. The summed E-state index contributed by atoms with van der Waals surface area (Å²) in [6.45, 7) is 1.80. The Morgan fingerprint density at radius 1 is 1.53 bits per heavy atom. The zero-order chi connectivity index (χ0) is 13.8. The second-order valence-electron chi connectivity index (χ2n) is 3.84. The number of nitrogens with zero attached hydrogens (tertiary/aromatic N) is 2. The molecule has 0 aliphatic carbocycles. The summed E-state index contributed by atoms with van der Waals surface area (Å²) in [6.07, 6.45) is 3.30. The summed E-state index contributed by atoms with van der Waals surface area (Å²) in [5.41, 5.74) is 2.47. The molecule has 7 nitrogen and oxygen atoms in total. The molecule has 0 bridgehead atoms. The van der Waals surface area contributed by atoms with Gasteiger partial charge >= 0.3 is 0 Å². The van der Waals surface area contributed by atoms with E-state index in [0.717, 1.165) is 0 Å². The average Bonchev–Trinajstić information content (AvgIpc) is 2.93. The molecule has 8 heteroatoms. The lowest BCUT2D eigenvalue weighted by atomic mass is 10.2. The third-order valence-corrected chi connectivity index (χ3v) is 2.79. The number of hydrazine groups is 1. The molecule has 2 aromatic heterocycles. The van der Waals surface area contributed by atoms with Crippen LogP contribution in [0.1, 0.15) is 29.3 Å². The molecule has 0 saturated carbocycles. The molecule has 1 unspecified atom stereocenters. The van der Waals surface area contributed by atoms with E-state index in [1.165, 1.54) is 0 Å². The van der Waals surface area contributed by atoms with Crippen molar-refractivity contribution in [2.45, 2.75) is 13.0 Å². The van der Waals surface area contributed by atoms with Gasteiger partial charge in [0.1, 0.15) is 17.3 Å². The fourth-order valence-corrected chi connectivity index (χ4v) is 1.72. The van der Waals surface area contributed by atoms with Gasteiger partial charge in [-0.2, -0.15) is 0 Å². The van der Waals surface area contributed by atoms with Crippen LogP contribution in [0.5, 0.6) is 0 Å². The number of pyridine rings is 1. The van der Waals surface area contributed by atoms with Crippen LogP contribution in [0.2, 0.25) is 5.02 Å². The fraction of sp³-hybridized carbons (Fsp3) is 0.182. The number of anilines is 1. The highest BCUT2D eigenvalue weighted by molar-refractivity contribution is 6.33. The number of nitrogens with one attached hydrogen (secondary N) is 3. The minimum Gasteiger partial charge on any atom is -0.347 e. The Kier molecular flexibility index (Phi) is 3.98. The van der Waals surface area contributed by atoms with Gasteiger partial charge in [-0.05, 0) is 19.1 Å². The Labute approximate surface area is 114 Å². The molecule has 0 radical (unpaired) electrons. The SMILES string of the molecule is CC(NC(=O)c1nc(NN)ccc1Cl)c1ncc[nH]1. The van der Waals surface area contributed by atoms with Crippen molar-refractivity contribution in [2.75, 3.05) is 5.43 Å². The van der Waals surface area contributed by atoms with Crippen LogP contribution >= 0.6 is 11.6 Å². The predicted octanol–water partition coefficient (Wildman–Crippen LogP) is 1.23. The Bertz CT molecular complexity index is 571. The number of carbonyl (C=O) groups is 1. The highest BCUT2D eigenvalue weighted by Gasteiger charge is 2.17. The van der Waals surface area contributed by atoms with Gasteiger partial charge < -0.3 is 15.7 Å². The Morgan fingerprint density at radius 3 is 2.95 bits per heavy atom. The number of hydrogen-bond acceptors (Lipinski definition) is 5. The van der Waals surface area contributed by atoms with Crippen molar-refractivity contribution in [1.82, 2.24) is 20.3 Å².